The van der Waals surface area contributed by atoms with Crippen molar-refractivity contribution in [2.75, 3.05) is 39.9 Å². The number of nitrogens with one attached hydrogen (secondary N) is 1. The molecule has 28 heavy (non-hydrogen) atoms. The topological polar surface area (TPSA) is 46.1 Å². The molecule has 0 atom stereocenters. The molecule has 2 rings (SSSR count). The van der Waals surface area contributed by atoms with Crippen LogP contribution in [0.25, 0.3) is 0 Å². The highest BCUT2D eigenvalue weighted by molar-refractivity contribution is 5.79. The lowest BCUT2D eigenvalue weighted by atomic mass is 9.96. The molecule has 0 aliphatic carbocycles. The first-order chi connectivity index (χ1) is 13.4. The van der Waals surface area contributed by atoms with Crippen molar-refractivity contribution in [2.24, 2.45) is 10.9 Å². The number of hydrogen-bond acceptors (Lipinski definition) is 3. The lowest BCUT2D eigenvalue weighted by molar-refractivity contribution is -0.274. The summed E-state index contributed by atoms with van der Waals surface area (Å²) in [4.78, 5) is 6.79. The molecule has 1 aliphatic rings. The van der Waals surface area contributed by atoms with Crippen LogP contribution in [0, 0.1) is 5.92 Å². The molecule has 0 bridgehead atoms. The minimum Gasteiger partial charge on any atom is -0.406 e. The Bertz CT molecular complexity index is 600. The normalized spacial score (nSPS) is 16.1. The average Bonchev–Trinajstić information content (AvgIpc) is 2.66. The van der Waals surface area contributed by atoms with Crippen LogP contribution < -0.4 is 10.1 Å². The molecule has 1 saturated heterocycles. The number of nitrogens with zero attached hydrogens (tertiary/aromatic N) is 2. The number of halogens is 3. The molecule has 1 aliphatic heterocycles. The first-order valence-corrected chi connectivity index (χ1v) is 9.79. The van der Waals surface area contributed by atoms with E-state index in [1.165, 1.54) is 12.1 Å². The third kappa shape index (κ3) is 8.37. The minimum atomic E-state index is -4.66. The van der Waals surface area contributed by atoms with Crippen LogP contribution in [0.1, 0.15) is 31.7 Å². The van der Waals surface area contributed by atoms with E-state index in [0.29, 0.717) is 18.9 Å². The van der Waals surface area contributed by atoms with Gasteiger partial charge in [-0.1, -0.05) is 12.1 Å². The van der Waals surface area contributed by atoms with Gasteiger partial charge < -0.3 is 19.7 Å². The van der Waals surface area contributed by atoms with Gasteiger partial charge in [-0.05, 0) is 56.2 Å². The van der Waals surface area contributed by atoms with E-state index in [1.807, 2.05) is 14.0 Å². The number of rotatable bonds is 8. The highest BCUT2D eigenvalue weighted by Gasteiger charge is 2.30. The fourth-order valence-corrected chi connectivity index (χ4v) is 3.14. The molecular weight excluding hydrogens is 371 g/mol. The highest BCUT2D eigenvalue weighted by atomic mass is 19.4. The highest BCUT2D eigenvalue weighted by Crippen LogP contribution is 2.23. The van der Waals surface area contributed by atoms with Crippen LogP contribution >= 0.6 is 0 Å². The molecule has 1 N–H and O–H groups in total. The van der Waals surface area contributed by atoms with Gasteiger partial charge >= 0.3 is 6.36 Å². The fourth-order valence-electron chi connectivity index (χ4n) is 3.14. The summed E-state index contributed by atoms with van der Waals surface area (Å²) < 4.78 is 45.9. The van der Waals surface area contributed by atoms with Crippen molar-refractivity contribution in [3.05, 3.63) is 29.8 Å². The average molecular weight is 401 g/mol. The van der Waals surface area contributed by atoms with Gasteiger partial charge in [0.2, 0.25) is 0 Å². The molecule has 158 valence electrons. The van der Waals surface area contributed by atoms with Crippen molar-refractivity contribution in [3.63, 3.8) is 0 Å². The Morgan fingerprint density at radius 3 is 2.54 bits per heavy atom. The quantitative estimate of drug-likeness (QED) is 0.531. The van der Waals surface area contributed by atoms with E-state index in [2.05, 4.69) is 19.9 Å². The van der Waals surface area contributed by atoms with Gasteiger partial charge in [0.05, 0.1) is 0 Å². The summed E-state index contributed by atoms with van der Waals surface area (Å²) in [7, 11) is 2.03. The second-order valence-electron chi connectivity index (χ2n) is 6.94. The Labute approximate surface area is 164 Å². The molecule has 1 aromatic rings. The molecule has 0 amide bonds. The Morgan fingerprint density at radius 2 is 1.93 bits per heavy atom. The van der Waals surface area contributed by atoms with Gasteiger partial charge in [0.15, 0.2) is 5.96 Å². The van der Waals surface area contributed by atoms with Gasteiger partial charge in [0.25, 0.3) is 0 Å². The number of ether oxygens (including phenoxy) is 2. The van der Waals surface area contributed by atoms with Crippen molar-refractivity contribution < 1.29 is 22.6 Å². The molecule has 1 heterocycles. The maximum atomic E-state index is 12.2. The summed E-state index contributed by atoms with van der Waals surface area (Å²) in [6.07, 6.45) is -0.660. The van der Waals surface area contributed by atoms with Crippen LogP contribution in [-0.2, 0) is 11.2 Å². The molecular formula is C20H30F3N3O2. The third-order valence-corrected chi connectivity index (χ3v) is 4.73. The van der Waals surface area contributed by atoms with Gasteiger partial charge in [-0.3, -0.25) is 4.99 Å². The first-order valence-electron chi connectivity index (χ1n) is 9.79. The predicted octanol–water partition coefficient (Wildman–Crippen LogP) is 3.84. The smallest absolute Gasteiger partial charge is 0.406 e. The van der Waals surface area contributed by atoms with Crippen molar-refractivity contribution in [1.82, 2.24) is 10.2 Å². The molecule has 1 aromatic carbocycles. The second kappa shape index (κ2) is 11.1. The lowest BCUT2D eigenvalue weighted by Gasteiger charge is -2.26. The summed E-state index contributed by atoms with van der Waals surface area (Å²) in [6.45, 7) is 6.01. The molecule has 0 radical (unpaired) electrons. The van der Waals surface area contributed by atoms with Crippen molar-refractivity contribution >= 4 is 5.96 Å². The van der Waals surface area contributed by atoms with Gasteiger partial charge in [0.1, 0.15) is 5.75 Å². The zero-order valence-corrected chi connectivity index (χ0v) is 16.6. The SMILES string of the molecule is CCNC(=NCCc1ccc(OC(F)(F)F)cc1)N(C)CCC1CCOCC1. The number of aliphatic imine (C=N–C) groups is 1. The van der Waals surface area contributed by atoms with Crippen LogP contribution in [0.3, 0.4) is 0 Å². The van der Waals surface area contributed by atoms with Crippen LogP contribution in [0.15, 0.2) is 29.3 Å². The van der Waals surface area contributed by atoms with E-state index in [1.54, 1.807) is 12.1 Å². The van der Waals surface area contributed by atoms with Crippen molar-refractivity contribution in [1.29, 1.82) is 0 Å². The van der Waals surface area contributed by atoms with E-state index >= 15 is 0 Å². The zero-order valence-electron chi connectivity index (χ0n) is 16.6. The van der Waals surface area contributed by atoms with E-state index in [-0.39, 0.29) is 5.75 Å². The minimum absolute atomic E-state index is 0.207. The van der Waals surface area contributed by atoms with Gasteiger partial charge in [-0.2, -0.15) is 0 Å². The van der Waals surface area contributed by atoms with Gasteiger partial charge in [0, 0.05) is 39.9 Å². The molecule has 0 spiro atoms. The first kappa shape index (κ1) is 22.3. The Kier molecular flexibility index (Phi) is 8.89. The Morgan fingerprint density at radius 1 is 1.25 bits per heavy atom. The van der Waals surface area contributed by atoms with Crippen LogP contribution in [-0.4, -0.2) is 57.1 Å². The van der Waals surface area contributed by atoms with E-state index in [9.17, 15) is 13.2 Å². The number of hydrogen-bond donors (Lipinski definition) is 1. The van der Waals surface area contributed by atoms with E-state index in [0.717, 1.165) is 57.1 Å². The van der Waals surface area contributed by atoms with E-state index < -0.39 is 6.36 Å². The maximum absolute atomic E-state index is 12.2. The molecule has 5 nitrogen and oxygen atoms in total. The summed E-state index contributed by atoms with van der Waals surface area (Å²) in [6, 6.07) is 5.94. The second-order valence-corrected chi connectivity index (χ2v) is 6.94. The zero-order chi connectivity index (χ0) is 20.4. The standard InChI is InChI=1S/C20H30F3N3O2/c1-3-24-19(26(2)13-9-17-10-14-27-15-11-17)25-12-8-16-4-6-18(7-5-16)28-20(21,22)23/h4-7,17H,3,8-15H2,1-2H3,(H,24,25). The lowest BCUT2D eigenvalue weighted by Crippen LogP contribution is -2.40. The molecule has 0 aromatic heterocycles. The van der Waals surface area contributed by atoms with Crippen LogP contribution in [0.4, 0.5) is 13.2 Å². The van der Waals surface area contributed by atoms with Crippen molar-refractivity contribution in [2.45, 2.75) is 39.0 Å². The maximum Gasteiger partial charge on any atom is 0.573 e. The number of alkyl halides is 3. The number of guanidine groups is 1. The Hall–Kier alpha value is -1.96. The van der Waals surface area contributed by atoms with Gasteiger partial charge in [-0.25, -0.2) is 0 Å². The van der Waals surface area contributed by atoms with Crippen LogP contribution in [0.2, 0.25) is 0 Å². The predicted molar refractivity (Wildman–Crippen MR) is 104 cm³/mol. The molecule has 1 fully saturated rings. The summed E-state index contributed by atoms with van der Waals surface area (Å²) in [5.74, 6) is 1.35. The summed E-state index contributed by atoms with van der Waals surface area (Å²) >= 11 is 0. The van der Waals surface area contributed by atoms with E-state index in [4.69, 9.17) is 4.74 Å². The molecule has 0 unspecified atom stereocenters. The molecule has 0 saturated carbocycles. The summed E-state index contributed by atoms with van der Waals surface area (Å²) in [5.41, 5.74) is 0.916. The largest absolute Gasteiger partial charge is 0.573 e. The number of benzene rings is 1. The fraction of sp³-hybridized carbons (Fsp3) is 0.650. The monoisotopic (exact) mass is 401 g/mol. The molecule has 8 heteroatoms. The van der Waals surface area contributed by atoms with Crippen molar-refractivity contribution in [3.8, 4) is 5.75 Å². The summed E-state index contributed by atoms with van der Waals surface area (Å²) in [5, 5.41) is 3.30. The van der Waals surface area contributed by atoms with Gasteiger partial charge in [-0.15, -0.1) is 13.2 Å². The Balaban J connectivity index is 1.82. The third-order valence-electron chi connectivity index (χ3n) is 4.73. The van der Waals surface area contributed by atoms with Crippen LogP contribution in [0.5, 0.6) is 5.75 Å².